The van der Waals surface area contributed by atoms with E-state index in [0.29, 0.717) is 19.0 Å². The van der Waals surface area contributed by atoms with Gasteiger partial charge in [0.15, 0.2) is 0 Å². The number of piperazine rings is 1. The van der Waals surface area contributed by atoms with Crippen LogP contribution in [0.2, 0.25) is 0 Å². The third-order valence-corrected chi connectivity index (χ3v) is 3.74. The van der Waals surface area contributed by atoms with Crippen molar-refractivity contribution in [3.63, 3.8) is 0 Å². The van der Waals surface area contributed by atoms with Gasteiger partial charge < -0.3 is 15.3 Å². The van der Waals surface area contributed by atoms with Gasteiger partial charge in [-0.25, -0.2) is 0 Å². The second-order valence-corrected chi connectivity index (χ2v) is 5.45. The van der Waals surface area contributed by atoms with Crippen LogP contribution in [0.15, 0.2) is 0 Å². The van der Waals surface area contributed by atoms with Crippen LogP contribution < -0.4 is 5.32 Å². The highest BCUT2D eigenvalue weighted by Crippen LogP contribution is 2.14. The largest absolute Gasteiger partial charge is 0.392 e. The Morgan fingerprint density at radius 2 is 2.05 bits per heavy atom. The molecule has 0 aromatic heterocycles. The topological polar surface area (TPSA) is 55.8 Å². The minimum absolute atomic E-state index is 0. The second kappa shape index (κ2) is 12.5. The van der Waals surface area contributed by atoms with E-state index in [2.05, 4.69) is 17.1 Å². The first-order valence-corrected chi connectivity index (χ1v) is 7.43. The number of carbonyl (C=O) groups is 1. The molecule has 0 saturated carbocycles. The predicted octanol–water partition coefficient (Wildman–Crippen LogP) is 1.13. The zero-order chi connectivity index (χ0) is 14.3. The maximum atomic E-state index is 12.1. The molecule has 2 atom stereocenters. The summed E-state index contributed by atoms with van der Waals surface area (Å²) in [6, 6.07) is 0.386. The molecule has 7 heteroatoms. The molecule has 1 rings (SSSR count). The summed E-state index contributed by atoms with van der Waals surface area (Å²) in [5, 5.41) is 12.6. The quantitative estimate of drug-likeness (QED) is 0.680. The van der Waals surface area contributed by atoms with E-state index in [1.807, 2.05) is 18.9 Å². The first-order chi connectivity index (χ1) is 9.08. The van der Waals surface area contributed by atoms with Gasteiger partial charge in [0.25, 0.3) is 0 Å². The van der Waals surface area contributed by atoms with Gasteiger partial charge in [-0.2, -0.15) is 0 Å². The molecule has 2 N–H and O–H groups in total. The SMILES string of the molecule is CCC1CN(C(=O)CCCNC)CCN1CC(C)O.Cl.Cl. The van der Waals surface area contributed by atoms with Gasteiger partial charge in [-0.3, -0.25) is 9.69 Å². The summed E-state index contributed by atoms with van der Waals surface area (Å²) in [6.45, 7) is 8.05. The van der Waals surface area contributed by atoms with E-state index in [-0.39, 0.29) is 36.8 Å². The van der Waals surface area contributed by atoms with E-state index in [1.54, 1.807) is 0 Å². The Balaban J connectivity index is 0. The Hall–Kier alpha value is -0.0700. The fourth-order valence-electron chi connectivity index (χ4n) is 2.66. The Morgan fingerprint density at radius 1 is 1.38 bits per heavy atom. The number of nitrogens with zero attached hydrogens (tertiary/aromatic N) is 2. The summed E-state index contributed by atoms with van der Waals surface area (Å²) in [4.78, 5) is 16.4. The van der Waals surface area contributed by atoms with Gasteiger partial charge >= 0.3 is 0 Å². The number of nitrogens with one attached hydrogen (secondary N) is 1. The minimum atomic E-state index is -0.299. The van der Waals surface area contributed by atoms with Gasteiger partial charge in [0.05, 0.1) is 6.10 Å². The molecule has 1 heterocycles. The van der Waals surface area contributed by atoms with Crippen LogP contribution in [0.5, 0.6) is 0 Å². The fraction of sp³-hybridized carbons (Fsp3) is 0.929. The molecule has 21 heavy (non-hydrogen) atoms. The number of rotatable bonds is 7. The molecule has 0 spiro atoms. The van der Waals surface area contributed by atoms with Crippen molar-refractivity contribution in [3.05, 3.63) is 0 Å². The van der Waals surface area contributed by atoms with Crippen molar-refractivity contribution < 1.29 is 9.90 Å². The highest BCUT2D eigenvalue weighted by Gasteiger charge is 2.28. The van der Waals surface area contributed by atoms with E-state index in [0.717, 1.165) is 39.0 Å². The summed E-state index contributed by atoms with van der Waals surface area (Å²) in [6.07, 6.45) is 2.26. The Kier molecular flexibility index (Phi) is 13.8. The maximum absolute atomic E-state index is 12.1. The highest BCUT2D eigenvalue weighted by atomic mass is 35.5. The Morgan fingerprint density at radius 3 is 2.57 bits per heavy atom. The predicted molar refractivity (Wildman–Crippen MR) is 91.6 cm³/mol. The molecule has 0 radical (unpaired) electrons. The van der Waals surface area contributed by atoms with Crippen LogP contribution in [0, 0.1) is 0 Å². The Bertz CT molecular complexity index is 281. The van der Waals surface area contributed by atoms with Gasteiger partial charge in [-0.15, -0.1) is 24.8 Å². The van der Waals surface area contributed by atoms with Gasteiger partial charge in [-0.05, 0) is 33.4 Å². The van der Waals surface area contributed by atoms with Gasteiger partial charge in [-0.1, -0.05) is 6.92 Å². The lowest BCUT2D eigenvalue weighted by molar-refractivity contribution is -0.134. The molecule has 0 aromatic rings. The van der Waals surface area contributed by atoms with Crippen LogP contribution in [-0.4, -0.2) is 72.7 Å². The molecule has 1 aliphatic heterocycles. The monoisotopic (exact) mass is 343 g/mol. The number of halogens is 2. The van der Waals surface area contributed by atoms with Crippen LogP contribution in [0.1, 0.15) is 33.1 Å². The van der Waals surface area contributed by atoms with E-state index >= 15 is 0 Å². The zero-order valence-corrected chi connectivity index (χ0v) is 15.0. The molecular weight excluding hydrogens is 313 g/mol. The molecule has 1 amide bonds. The number of β-amino-alcohol motifs (C(OH)–C–C–N with tert-alkyl or cyclic N) is 1. The molecule has 0 aliphatic carbocycles. The first kappa shape index (κ1) is 23.2. The number of hydrogen-bond acceptors (Lipinski definition) is 4. The molecular formula is C14H31Cl2N3O2. The summed E-state index contributed by atoms with van der Waals surface area (Å²) in [5.41, 5.74) is 0. The molecule has 2 unspecified atom stereocenters. The number of aliphatic hydroxyl groups is 1. The summed E-state index contributed by atoms with van der Waals surface area (Å²) < 4.78 is 0. The second-order valence-electron chi connectivity index (χ2n) is 5.45. The van der Waals surface area contributed by atoms with Crippen molar-refractivity contribution >= 4 is 30.7 Å². The van der Waals surface area contributed by atoms with E-state index in [1.165, 1.54) is 0 Å². The molecule has 1 saturated heterocycles. The van der Waals surface area contributed by atoms with Crippen LogP contribution in [-0.2, 0) is 4.79 Å². The van der Waals surface area contributed by atoms with Gasteiger partial charge in [0.1, 0.15) is 0 Å². The highest BCUT2D eigenvalue weighted by molar-refractivity contribution is 5.85. The summed E-state index contributed by atoms with van der Waals surface area (Å²) in [5.74, 6) is 0.269. The van der Waals surface area contributed by atoms with E-state index < -0.39 is 0 Å². The van der Waals surface area contributed by atoms with Crippen molar-refractivity contribution in [1.82, 2.24) is 15.1 Å². The number of aliphatic hydroxyl groups excluding tert-OH is 1. The molecule has 0 bridgehead atoms. The van der Waals surface area contributed by atoms with Crippen LogP contribution in [0.4, 0.5) is 0 Å². The van der Waals surface area contributed by atoms with Crippen molar-refractivity contribution in [2.75, 3.05) is 39.8 Å². The number of amides is 1. The van der Waals surface area contributed by atoms with Crippen LogP contribution >= 0.6 is 24.8 Å². The van der Waals surface area contributed by atoms with Gasteiger partial charge in [0, 0.05) is 38.6 Å². The average Bonchev–Trinajstić information content (AvgIpc) is 2.38. The lowest BCUT2D eigenvalue weighted by atomic mass is 10.1. The lowest BCUT2D eigenvalue weighted by Crippen LogP contribution is -2.55. The molecule has 1 fully saturated rings. The zero-order valence-electron chi connectivity index (χ0n) is 13.4. The number of carbonyl (C=O) groups excluding carboxylic acids is 1. The smallest absolute Gasteiger partial charge is 0.222 e. The standard InChI is InChI=1S/C14H29N3O2.2ClH/c1-4-13-11-17(14(19)6-5-7-15-3)9-8-16(13)10-12(2)18;;/h12-13,15,18H,4-11H2,1-3H3;2*1H. The first-order valence-electron chi connectivity index (χ1n) is 7.43. The minimum Gasteiger partial charge on any atom is -0.392 e. The maximum Gasteiger partial charge on any atom is 0.222 e. The van der Waals surface area contributed by atoms with Crippen molar-refractivity contribution in [2.24, 2.45) is 0 Å². The van der Waals surface area contributed by atoms with Gasteiger partial charge in [0.2, 0.25) is 5.91 Å². The Labute approximate surface area is 141 Å². The average molecular weight is 344 g/mol. The summed E-state index contributed by atoms with van der Waals surface area (Å²) in [7, 11) is 1.91. The third kappa shape index (κ3) is 8.21. The molecule has 1 aliphatic rings. The van der Waals surface area contributed by atoms with Crippen LogP contribution in [0.3, 0.4) is 0 Å². The van der Waals surface area contributed by atoms with Crippen molar-refractivity contribution in [2.45, 2.75) is 45.3 Å². The fourth-order valence-corrected chi connectivity index (χ4v) is 2.66. The molecule has 128 valence electrons. The normalized spacial score (nSPS) is 20.4. The lowest BCUT2D eigenvalue weighted by Gasteiger charge is -2.41. The summed E-state index contributed by atoms with van der Waals surface area (Å²) >= 11 is 0. The molecule has 0 aromatic carbocycles. The number of hydrogen-bond donors (Lipinski definition) is 2. The van der Waals surface area contributed by atoms with E-state index in [9.17, 15) is 9.90 Å². The van der Waals surface area contributed by atoms with Crippen molar-refractivity contribution in [1.29, 1.82) is 0 Å². The van der Waals surface area contributed by atoms with Crippen LogP contribution in [0.25, 0.3) is 0 Å². The molecule has 5 nitrogen and oxygen atoms in total. The van der Waals surface area contributed by atoms with Crippen molar-refractivity contribution in [3.8, 4) is 0 Å². The third-order valence-electron chi connectivity index (χ3n) is 3.74. The van der Waals surface area contributed by atoms with E-state index in [4.69, 9.17) is 0 Å².